The normalized spacial score (nSPS) is 11.5. The fraction of sp³-hybridized carbons (Fsp3) is 0.278. The van der Waals surface area contributed by atoms with E-state index < -0.39 is 10.0 Å². The average Bonchev–Trinajstić information content (AvgIpc) is 2.53. The number of hydrogen-bond donors (Lipinski definition) is 1. The molecule has 0 aliphatic rings. The van der Waals surface area contributed by atoms with E-state index in [1.807, 2.05) is 61.5 Å². The van der Waals surface area contributed by atoms with Crippen LogP contribution in [0.3, 0.4) is 0 Å². The summed E-state index contributed by atoms with van der Waals surface area (Å²) in [4.78, 5) is 12.2. The number of amides is 1. The van der Waals surface area contributed by atoms with E-state index in [4.69, 9.17) is 0 Å². The summed E-state index contributed by atoms with van der Waals surface area (Å²) in [5.74, 6) is -0.320. The number of carbonyl (C=O) groups excluding carboxylic acids is 1. The first-order valence-corrected chi connectivity index (χ1v) is 9.51. The second-order valence-corrected chi connectivity index (χ2v) is 7.70. The van der Waals surface area contributed by atoms with Crippen LogP contribution < -0.4 is 5.32 Å². The smallest absolute Gasteiger partial charge is 0.235 e. The van der Waals surface area contributed by atoms with Crippen LogP contribution in [0.4, 0.5) is 0 Å². The van der Waals surface area contributed by atoms with Gasteiger partial charge in [0.15, 0.2) is 0 Å². The highest BCUT2D eigenvalue weighted by Crippen LogP contribution is 2.09. The Bertz CT molecular complexity index is 789. The minimum atomic E-state index is -3.48. The van der Waals surface area contributed by atoms with Gasteiger partial charge in [-0.05, 0) is 23.6 Å². The van der Waals surface area contributed by atoms with Crippen molar-refractivity contribution >= 4 is 15.9 Å². The van der Waals surface area contributed by atoms with Gasteiger partial charge < -0.3 is 5.32 Å². The minimum absolute atomic E-state index is 0.178. The number of rotatable bonds is 7. The Labute approximate surface area is 143 Å². The van der Waals surface area contributed by atoms with Gasteiger partial charge >= 0.3 is 0 Å². The molecule has 0 heterocycles. The highest BCUT2D eigenvalue weighted by molar-refractivity contribution is 7.88. The Morgan fingerprint density at radius 1 is 1.04 bits per heavy atom. The number of carbonyl (C=O) groups is 1. The molecule has 0 unspecified atom stereocenters. The first kappa shape index (κ1) is 18.2. The Morgan fingerprint density at radius 3 is 2.29 bits per heavy atom. The summed E-state index contributed by atoms with van der Waals surface area (Å²) in [6.45, 7) is 2.34. The molecule has 0 aliphatic carbocycles. The van der Waals surface area contributed by atoms with Gasteiger partial charge in [0.1, 0.15) is 0 Å². The molecule has 2 aromatic carbocycles. The zero-order chi connectivity index (χ0) is 17.6. The molecule has 1 amide bonds. The van der Waals surface area contributed by atoms with Crippen molar-refractivity contribution in [2.24, 2.45) is 0 Å². The lowest BCUT2D eigenvalue weighted by molar-refractivity contribution is -0.121. The van der Waals surface area contributed by atoms with Gasteiger partial charge in [-0.3, -0.25) is 4.79 Å². The maximum atomic E-state index is 12.2. The fourth-order valence-electron chi connectivity index (χ4n) is 2.30. The molecule has 2 rings (SSSR count). The van der Waals surface area contributed by atoms with Crippen LogP contribution in [0.25, 0.3) is 0 Å². The third-order valence-electron chi connectivity index (χ3n) is 3.73. The maximum absolute atomic E-state index is 12.2. The topological polar surface area (TPSA) is 66.5 Å². The Balaban J connectivity index is 1.99. The van der Waals surface area contributed by atoms with E-state index in [0.29, 0.717) is 6.54 Å². The summed E-state index contributed by atoms with van der Waals surface area (Å²) >= 11 is 0. The number of aryl methyl sites for hydroxylation is 1. The first-order valence-electron chi connectivity index (χ1n) is 7.66. The zero-order valence-electron chi connectivity index (χ0n) is 13.9. The molecule has 0 bridgehead atoms. The van der Waals surface area contributed by atoms with Crippen LogP contribution in [0.5, 0.6) is 0 Å². The van der Waals surface area contributed by atoms with Gasteiger partial charge in [-0.15, -0.1) is 0 Å². The Hall–Kier alpha value is -2.18. The van der Waals surface area contributed by atoms with E-state index in [0.717, 1.165) is 22.9 Å². The van der Waals surface area contributed by atoms with Gasteiger partial charge in [-0.25, -0.2) is 8.42 Å². The molecule has 5 nitrogen and oxygen atoms in total. The summed E-state index contributed by atoms with van der Waals surface area (Å²) in [5.41, 5.74) is 2.94. The molecule has 0 saturated heterocycles. The van der Waals surface area contributed by atoms with E-state index in [2.05, 4.69) is 5.32 Å². The minimum Gasteiger partial charge on any atom is -0.351 e. The second-order valence-electron chi connectivity index (χ2n) is 5.72. The maximum Gasteiger partial charge on any atom is 0.235 e. The predicted octanol–water partition coefficient (Wildman–Crippen LogP) is 2.07. The van der Waals surface area contributed by atoms with Crippen molar-refractivity contribution in [1.82, 2.24) is 9.62 Å². The van der Waals surface area contributed by atoms with Crippen molar-refractivity contribution in [3.8, 4) is 0 Å². The standard InChI is InChI=1S/C18H22N2O3S/c1-15-8-6-7-11-17(15)12-19-18(21)14-20(24(2,22)23)13-16-9-4-3-5-10-16/h3-11H,12-14H2,1-2H3,(H,19,21). The first-order chi connectivity index (χ1) is 11.4. The summed E-state index contributed by atoms with van der Waals surface area (Å²) < 4.78 is 25.1. The molecule has 0 saturated carbocycles. The molecule has 0 fully saturated rings. The zero-order valence-corrected chi connectivity index (χ0v) is 14.7. The summed E-state index contributed by atoms with van der Waals surface area (Å²) in [6, 6.07) is 17.0. The molecule has 2 aromatic rings. The van der Waals surface area contributed by atoms with Gasteiger partial charge in [0, 0.05) is 13.1 Å². The molecule has 0 spiro atoms. The summed E-state index contributed by atoms with van der Waals surface area (Å²) in [5, 5.41) is 2.78. The van der Waals surface area contributed by atoms with Crippen molar-refractivity contribution in [2.45, 2.75) is 20.0 Å². The monoisotopic (exact) mass is 346 g/mol. The molecule has 1 N–H and O–H groups in total. The van der Waals surface area contributed by atoms with Crippen molar-refractivity contribution in [3.05, 3.63) is 71.3 Å². The number of hydrogen-bond acceptors (Lipinski definition) is 3. The lowest BCUT2D eigenvalue weighted by Crippen LogP contribution is -2.39. The van der Waals surface area contributed by atoms with E-state index in [1.54, 1.807) is 0 Å². The number of nitrogens with zero attached hydrogens (tertiary/aromatic N) is 1. The van der Waals surface area contributed by atoms with Gasteiger partial charge in [0.05, 0.1) is 12.8 Å². The third kappa shape index (κ3) is 5.47. The second kappa shape index (κ2) is 8.08. The molecule has 6 heteroatoms. The van der Waals surface area contributed by atoms with Crippen LogP contribution in [0.2, 0.25) is 0 Å². The molecule has 0 atom stereocenters. The van der Waals surface area contributed by atoms with Crippen LogP contribution in [-0.2, 0) is 27.9 Å². The van der Waals surface area contributed by atoms with Crippen LogP contribution >= 0.6 is 0 Å². The van der Waals surface area contributed by atoms with Gasteiger partial charge in [0.25, 0.3) is 0 Å². The largest absolute Gasteiger partial charge is 0.351 e. The molecule has 0 radical (unpaired) electrons. The molecule has 24 heavy (non-hydrogen) atoms. The molecule has 128 valence electrons. The highest BCUT2D eigenvalue weighted by Gasteiger charge is 2.20. The highest BCUT2D eigenvalue weighted by atomic mass is 32.2. The summed E-state index contributed by atoms with van der Waals surface area (Å²) in [7, 11) is -3.48. The SMILES string of the molecule is Cc1ccccc1CNC(=O)CN(Cc1ccccc1)S(C)(=O)=O. The number of sulfonamides is 1. The van der Waals surface area contributed by atoms with Crippen molar-refractivity contribution in [1.29, 1.82) is 0 Å². The van der Waals surface area contributed by atoms with E-state index >= 15 is 0 Å². The summed E-state index contributed by atoms with van der Waals surface area (Å²) in [6.07, 6.45) is 1.12. The third-order valence-corrected chi connectivity index (χ3v) is 4.92. The van der Waals surface area contributed by atoms with E-state index in [1.165, 1.54) is 4.31 Å². The van der Waals surface area contributed by atoms with Crippen LogP contribution in [0, 0.1) is 6.92 Å². The van der Waals surface area contributed by atoms with Gasteiger partial charge in [0.2, 0.25) is 15.9 Å². The molecular weight excluding hydrogens is 324 g/mol. The van der Waals surface area contributed by atoms with Crippen LogP contribution in [0.1, 0.15) is 16.7 Å². The number of benzene rings is 2. The van der Waals surface area contributed by atoms with Crippen molar-refractivity contribution < 1.29 is 13.2 Å². The lowest BCUT2D eigenvalue weighted by Gasteiger charge is -2.19. The van der Waals surface area contributed by atoms with E-state index in [-0.39, 0.29) is 19.0 Å². The quantitative estimate of drug-likeness (QED) is 0.835. The van der Waals surface area contributed by atoms with Gasteiger partial charge in [-0.2, -0.15) is 4.31 Å². The van der Waals surface area contributed by atoms with E-state index in [9.17, 15) is 13.2 Å². The van der Waals surface area contributed by atoms with Crippen molar-refractivity contribution in [3.63, 3.8) is 0 Å². The van der Waals surface area contributed by atoms with Crippen LogP contribution in [0.15, 0.2) is 54.6 Å². The average molecular weight is 346 g/mol. The molecular formula is C18H22N2O3S. The van der Waals surface area contributed by atoms with Gasteiger partial charge in [-0.1, -0.05) is 54.6 Å². The molecule has 0 aliphatic heterocycles. The van der Waals surface area contributed by atoms with Crippen LogP contribution in [-0.4, -0.2) is 31.4 Å². The number of nitrogens with one attached hydrogen (secondary N) is 1. The van der Waals surface area contributed by atoms with Crippen molar-refractivity contribution in [2.75, 3.05) is 12.8 Å². The Kier molecular flexibility index (Phi) is 6.11. The predicted molar refractivity (Wildman–Crippen MR) is 94.7 cm³/mol. The Morgan fingerprint density at radius 2 is 1.67 bits per heavy atom. The lowest BCUT2D eigenvalue weighted by atomic mass is 10.1. The fourth-order valence-corrected chi connectivity index (χ4v) is 3.03. The molecule has 0 aromatic heterocycles.